The molecule has 0 radical (unpaired) electrons. The fourth-order valence-corrected chi connectivity index (χ4v) is 4.02. The Hall–Kier alpha value is -2.02. The average molecular weight is 488 g/mol. The molecule has 1 fully saturated rings. The lowest BCUT2D eigenvalue weighted by Crippen LogP contribution is -2.39. The molecule has 2 aliphatic heterocycles. The van der Waals surface area contributed by atoms with E-state index < -0.39 is 0 Å². The summed E-state index contributed by atoms with van der Waals surface area (Å²) in [7, 11) is 1.88. The molecule has 0 spiro atoms. The molecule has 1 saturated heterocycles. The van der Waals surface area contributed by atoms with Crippen LogP contribution in [0.1, 0.15) is 23.5 Å². The quantitative estimate of drug-likeness (QED) is 0.302. The largest absolute Gasteiger partial charge is 0.364 e. The lowest BCUT2D eigenvalue weighted by molar-refractivity contribution is 0.486. The maximum atomic E-state index is 4.52. The van der Waals surface area contributed by atoms with E-state index in [2.05, 4.69) is 86.9 Å². The monoisotopic (exact) mass is 488 g/mol. The third-order valence-electron chi connectivity index (χ3n) is 5.52. The number of likely N-dealkylation sites (tertiary alicyclic amines) is 1. The molecule has 0 saturated carbocycles. The van der Waals surface area contributed by atoms with E-state index in [1.807, 2.05) is 7.05 Å². The summed E-state index contributed by atoms with van der Waals surface area (Å²) >= 11 is 0. The van der Waals surface area contributed by atoms with Gasteiger partial charge in [0.15, 0.2) is 5.96 Å². The molecule has 5 heteroatoms. The summed E-state index contributed by atoms with van der Waals surface area (Å²) in [5.74, 6) is 1.59. The average Bonchev–Trinajstić information content (AvgIpc) is 3.42. The fraction of sp³-hybridized carbons (Fsp3) is 0.348. The fourth-order valence-electron chi connectivity index (χ4n) is 4.02. The molecule has 2 aromatic rings. The number of halogens is 1. The third kappa shape index (κ3) is 4.87. The van der Waals surface area contributed by atoms with Crippen LogP contribution in [-0.4, -0.2) is 44.1 Å². The van der Waals surface area contributed by atoms with Crippen LogP contribution in [-0.2, 0) is 6.54 Å². The Morgan fingerprint density at radius 1 is 1.07 bits per heavy atom. The van der Waals surface area contributed by atoms with Gasteiger partial charge in [-0.2, -0.15) is 0 Å². The minimum Gasteiger partial charge on any atom is -0.364 e. The van der Waals surface area contributed by atoms with Crippen molar-refractivity contribution in [2.75, 3.05) is 38.1 Å². The predicted octanol–water partition coefficient (Wildman–Crippen LogP) is 4.25. The van der Waals surface area contributed by atoms with Gasteiger partial charge in [0, 0.05) is 51.4 Å². The van der Waals surface area contributed by atoms with E-state index in [4.69, 9.17) is 0 Å². The molecule has 1 N–H and O–H groups in total. The van der Waals surface area contributed by atoms with Gasteiger partial charge in [-0.25, -0.2) is 0 Å². The molecular formula is C23H29IN4. The van der Waals surface area contributed by atoms with Gasteiger partial charge in [-0.1, -0.05) is 54.6 Å². The first kappa shape index (κ1) is 20.7. The number of benzene rings is 2. The van der Waals surface area contributed by atoms with Gasteiger partial charge in [-0.05, 0) is 29.7 Å². The number of anilines is 1. The number of guanidine groups is 1. The lowest BCUT2D eigenvalue weighted by atomic mass is 9.99. The summed E-state index contributed by atoms with van der Waals surface area (Å²) in [6, 6.07) is 19.6. The summed E-state index contributed by atoms with van der Waals surface area (Å²) in [4.78, 5) is 9.28. The second kappa shape index (κ2) is 9.96. The van der Waals surface area contributed by atoms with Crippen LogP contribution in [0.2, 0.25) is 0 Å². The number of hydrogen-bond acceptors (Lipinski definition) is 2. The molecule has 0 amide bonds. The second-order valence-electron chi connectivity index (χ2n) is 7.29. The topological polar surface area (TPSA) is 30.9 Å². The maximum absolute atomic E-state index is 4.52. The Morgan fingerprint density at radius 3 is 2.61 bits per heavy atom. The van der Waals surface area contributed by atoms with Crippen LogP contribution in [0.25, 0.3) is 0 Å². The highest BCUT2D eigenvalue weighted by Gasteiger charge is 2.25. The minimum absolute atomic E-state index is 0. The van der Waals surface area contributed by atoms with Gasteiger partial charge in [-0.15, -0.1) is 24.0 Å². The lowest BCUT2D eigenvalue weighted by Gasteiger charge is -2.22. The normalized spacial score (nSPS) is 19.0. The smallest absolute Gasteiger partial charge is 0.193 e. The number of nitrogens with zero attached hydrogens (tertiary/aromatic N) is 3. The molecule has 4 nitrogen and oxygen atoms in total. The molecular weight excluding hydrogens is 459 g/mol. The first-order valence-corrected chi connectivity index (χ1v) is 9.83. The van der Waals surface area contributed by atoms with Gasteiger partial charge in [-0.3, -0.25) is 4.99 Å². The molecule has 4 rings (SSSR count). The van der Waals surface area contributed by atoms with Gasteiger partial charge in [0.2, 0.25) is 0 Å². The molecule has 1 atom stereocenters. The molecule has 2 aromatic carbocycles. The molecule has 1 unspecified atom stereocenters. The molecule has 2 aliphatic rings. The SMILES string of the molecule is CN=C(NCc1cccc(N2CC=CC2)c1)N1CCC(c2ccccc2)C1.I. The predicted molar refractivity (Wildman–Crippen MR) is 129 cm³/mol. The zero-order valence-corrected chi connectivity index (χ0v) is 18.8. The highest BCUT2D eigenvalue weighted by molar-refractivity contribution is 14.0. The van der Waals surface area contributed by atoms with Crippen molar-refractivity contribution in [3.05, 3.63) is 77.9 Å². The van der Waals surface area contributed by atoms with Gasteiger partial charge >= 0.3 is 0 Å². The van der Waals surface area contributed by atoms with Crippen molar-refractivity contribution >= 4 is 35.6 Å². The van der Waals surface area contributed by atoms with E-state index in [0.717, 1.165) is 38.7 Å². The summed E-state index contributed by atoms with van der Waals surface area (Å²) in [6.45, 7) is 4.90. The van der Waals surface area contributed by atoms with Crippen molar-refractivity contribution in [1.82, 2.24) is 10.2 Å². The van der Waals surface area contributed by atoms with E-state index in [1.165, 1.54) is 23.2 Å². The Balaban J connectivity index is 0.00000225. The summed E-state index contributed by atoms with van der Waals surface area (Å²) in [5.41, 5.74) is 4.02. The highest BCUT2D eigenvalue weighted by Crippen LogP contribution is 2.27. The third-order valence-corrected chi connectivity index (χ3v) is 5.52. The minimum atomic E-state index is 0. The first-order valence-electron chi connectivity index (χ1n) is 9.83. The van der Waals surface area contributed by atoms with Crippen LogP contribution >= 0.6 is 24.0 Å². The van der Waals surface area contributed by atoms with Crippen molar-refractivity contribution in [3.8, 4) is 0 Å². The Bertz CT molecular complexity index is 810. The highest BCUT2D eigenvalue weighted by atomic mass is 127. The summed E-state index contributed by atoms with van der Waals surface area (Å²) in [6.07, 6.45) is 5.63. The molecule has 0 aromatic heterocycles. The van der Waals surface area contributed by atoms with Crippen LogP contribution in [0, 0.1) is 0 Å². The Kier molecular flexibility index (Phi) is 7.36. The zero-order valence-electron chi connectivity index (χ0n) is 16.4. The van der Waals surface area contributed by atoms with E-state index in [0.29, 0.717) is 5.92 Å². The van der Waals surface area contributed by atoms with E-state index in [-0.39, 0.29) is 24.0 Å². The van der Waals surface area contributed by atoms with E-state index in [9.17, 15) is 0 Å². The van der Waals surface area contributed by atoms with E-state index in [1.54, 1.807) is 0 Å². The number of rotatable bonds is 4. The van der Waals surface area contributed by atoms with Gasteiger partial charge in [0.05, 0.1) is 0 Å². The van der Waals surface area contributed by atoms with Crippen molar-refractivity contribution in [2.45, 2.75) is 18.9 Å². The van der Waals surface area contributed by atoms with Gasteiger partial charge in [0.1, 0.15) is 0 Å². The van der Waals surface area contributed by atoms with Gasteiger partial charge < -0.3 is 15.1 Å². The molecule has 0 aliphatic carbocycles. The van der Waals surface area contributed by atoms with Crippen LogP contribution in [0.4, 0.5) is 5.69 Å². The van der Waals surface area contributed by atoms with E-state index >= 15 is 0 Å². The van der Waals surface area contributed by atoms with Crippen LogP contribution in [0.15, 0.2) is 71.7 Å². The molecule has 148 valence electrons. The van der Waals surface area contributed by atoms with Crippen LogP contribution < -0.4 is 10.2 Å². The van der Waals surface area contributed by atoms with Crippen molar-refractivity contribution in [3.63, 3.8) is 0 Å². The zero-order chi connectivity index (χ0) is 18.5. The standard InChI is InChI=1S/C23H28N4.HI/c1-24-23(27-15-12-21(18-27)20-9-3-2-4-10-20)25-17-19-8-7-11-22(16-19)26-13-5-6-14-26;/h2-11,16,21H,12-15,17-18H2,1H3,(H,24,25);1H. The first-order chi connectivity index (χ1) is 13.3. The van der Waals surface area contributed by atoms with Crippen molar-refractivity contribution in [2.24, 2.45) is 4.99 Å². The number of aliphatic imine (C=N–C) groups is 1. The van der Waals surface area contributed by atoms with Crippen LogP contribution in [0.3, 0.4) is 0 Å². The van der Waals surface area contributed by atoms with Crippen LogP contribution in [0.5, 0.6) is 0 Å². The number of hydrogen-bond donors (Lipinski definition) is 1. The Morgan fingerprint density at radius 2 is 1.86 bits per heavy atom. The molecule has 28 heavy (non-hydrogen) atoms. The Labute approximate surface area is 185 Å². The summed E-state index contributed by atoms with van der Waals surface area (Å²) < 4.78 is 0. The molecule has 2 heterocycles. The maximum Gasteiger partial charge on any atom is 0.193 e. The molecule has 0 bridgehead atoms. The summed E-state index contributed by atoms with van der Waals surface area (Å²) in [5, 5.41) is 3.56. The van der Waals surface area contributed by atoms with Gasteiger partial charge in [0.25, 0.3) is 0 Å². The van der Waals surface area contributed by atoms with Crippen molar-refractivity contribution < 1.29 is 0 Å². The second-order valence-corrected chi connectivity index (χ2v) is 7.29. The number of nitrogens with one attached hydrogen (secondary N) is 1. The van der Waals surface area contributed by atoms with Crippen molar-refractivity contribution in [1.29, 1.82) is 0 Å².